The predicted octanol–water partition coefficient (Wildman–Crippen LogP) is 1.88. The van der Waals surface area contributed by atoms with Gasteiger partial charge in [0.1, 0.15) is 11.4 Å². The van der Waals surface area contributed by atoms with E-state index in [9.17, 15) is 21.6 Å². The van der Waals surface area contributed by atoms with E-state index >= 15 is 0 Å². The number of alkyl halides is 3. The summed E-state index contributed by atoms with van der Waals surface area (Å²) in [6.07, 6.45) is -3.77. The van der Waals surface area contributed by atoms with Crippen LogP contribution >= 0.6 is 0 Å². The quantitative estimate of drug-likeness (QED) is 0.834. The van der Waals surface area contributed by atoms with Crippen LogP contribution < -0.4 is 11.1 Å². The second-order valence-electron chi connectivity index (χ2n) is 5.48. The SMILES string of the molecule is CNc1nc(N)nc(-c2cnn(S(=O)(=O)C(C)C)c2C)c1C(F)(F)F. The predicted molar refractivity (Wildman–Crippen MR) is 86.4 cm³/mol. The van der Waals surface area contributed by atoms with Gasteiger partial charge in [0.05, 0.1) is 22.8 Å². The lowest BCUT2D eigenvalue weighted by Gasteiger charge is -2.16. The van der Waals surface area contributed by atoms with Crippen molar-refractivity contribution < 1.29 is 21.6 Å². The molecule has 0 amide bonds. The van der Waals surface area contributed by atoms with E-state index in [1.807, 2.05) is 0 Å². The molecular formula is C13H17F3N6O2S. The fourth-order valence-corrected chi connectivity index (χ4v) is 3.26. The molecule has 2 aromatic rings. The molecule has 2 aromatic heterocycles. The second kappa shape index (κ2) is 6.17. The fraction of sp³-hybridized carbons (Fsp3) is 0.462. The zero-order chi connectivity index (χ0) is 19.2. The summed E-state index contributed by atoms with van der Waals surface area (Å²) in [5, 5.41) is 5.26. The third kappa shape index (κ3) is 3.25. The molecule has 0 atom stereocenters. The molecule has 0 aliphatic carbocycles. The lowest BCUT2D eigenvalue weighted by atomic mass is 10.1. The van der Waals surface area contributed by atoms with E-state index in [4.69, 9.17) is 5.73 Å². The molecule has 138 valence electrons. The first-order chi connectivity index (χ1) is 11.4. The van der Waals surface area contributed by atoms with Crippen molar-refractivity contribution in [3.8, 4) is 11.3 Å². The van der Waals surface area contributed by atoms with Gasteiger partial charge < -0.3 is 11.1 Å². The smallest absolute Gasteiger partial charge is 0.372 e. The van der Waals surface area contributed by atoms with Crippen molar-refractivity contribution in [1.82, 2.24) is 19.2 Å². The van der Waals surface area contributed by atoms with Crippen molar-refractivity contribution >= 4 is 21.8 Å². The summed E-state index contributed by atoms with van der Waals surface area (Å²) in [4.78, 5) is 7.23. The van der Waals surface area contributed by atoms with E-state index in [2.05, 4.69) is 20.4 Å². The van der Waals surface area contributed by atoms with Crippen molar-refractivity contribution in [2.45, 2.75) is 32.2 Å². The van der Waals surface area contributed by atoms with Crippen LogP contribution in [0.1, 0.15) is 25.1 Å². The minimum absolute atomic E-state index is 0.000599. The average molecular weight is 378 g/mol. The monoisotopic (exact) mass is 378 g/mol. The van der Waals surface area contributed by atoms with Crippen LogP contribution in [0.3, 0.4) is 0 Å². The minimum Gasteiger partial charge on any atom is -0.372 e. The zero-order valence-electron chi connectivity index (χ0n) is 13.9. The molecule has 25 heavy (non-hydrogen) atoms. The molecule has 0 bridgehead atoms. The van der Waals surface area contributed by atoms with Crippen LogP contribution in [0.4, 0.5) is 24.9 Å². The molecule has 0 saturated heterocycles. The highest BCUT2D eigenvalue weighted by Gasteiger charge is 2.40. The molecule has 0 spiro atoms. The standard InChI is InChI=1S/C13H17F3N6O2S/c1-6(2)25(23,24)22-7(3)8(5-19-22)10-9(13(14,15)16)11(18-4)21-12(17)20-10/h5-6H,1-4H3,(H3,17,18,20,21). The summed E-state index contributed by atoms with van der Waals surface area (Å²) in [6.45, 7) is 4.23. The van der Waals surface area contributed by atoms with Crippen LogP contribution in [0.2, 0.25) is 0 Å². The highest BCUT2D eigenvalue weighted by molar-refractivity contribution is 7.90. The van der Waals surface area contributed by atoms with Gasteiger partial charge in [-0.25, -0.2) is 13.4 Å². The van der Waals surface area contributed by atoms with Crippen molar-refractivity contribution in [2.24, 2.45) is 0 Å². The number of nitrogens with two attached hydrogens (primary N) is 1. The highest BCUT2D eigenvalue weighted by atomic mass is 32.2. The molecule has 0 aliphatic rings. The van der Waals surface area contributed by atoms with Gasteiger partial charge in [0.2, 0.25) is 5.95 Å². The molecule has 0 aliphatic heterocycles. The van der Waals surface area contributed by atoms with E-state index < -0.39 is 38.5 Å². The van der Waals surface area contributed by atoms with E-state index in [1.54, 1.807) is 0 Å². The molecule has 0 unspecified atom stereocenters. The van der Waals surface area contributed by atoms with Gasteiger partial charge in [-0.15, -0.1) is 0 Å². The molecule has 3 N–H and O–H groups in total. The van der Waals surface area contributed by atoms with E-state index in [0.717, 1.165) is 6.20 Å². The lowest BCUT2D eigenvalue weighted by molar-refractivity contribution is -0.136. The molecular weight excluding hydrogens is 361 g/mol. The number of nitrogen functional groups attached to an aromatic ring is 1. The van der Waals surface area contributed by atoms with Gasteiger partial charge in [0.15, 0.2) is 0 Å². The Balaban J connectivity index is 2.81. The van der Waals surface area contributed by atoms with Crippen LogP contribution in [0.15, 0.2) is 6.20 Å². The van der Waals surface area contributed by atoms with Crippen LogP contribution in [0.25, 0.3) is 11.3 Å². The minimum atomic E-state index is -4.78. The second-order valence-corrected chi connectivity index (χ2v) is 7.80. The first kappa shape index (κ1) is 19.0. The lowest BCUT2D eigenvalue weighted by Crippen LogP contribution is -2.24. The van der Waals surface area contributed by atoms with E-state index in [-0.39, 0.29) is 17.2 Å². The summed E-state index contributed by atoms with van der Waals surface area (Å²) in [6, 6.07) is 0. The molecule has 0 fully saturated rings. The van der Waals surface area contributed by atoms with Gasteiger partial charge in [-0.2, -0.15) is 27.3 Å². The van der Waals surface area contributed by atoms with Gasteiger partial charge in [-0.05, 0) is 20.8 Å². The number of hydrogen-bond acceptors (Lipinski definition) is 7. The van der Waals surface area contributed by atoms with Crippen LogP contribution in [0, 0.1) is 6.92 Å². The maximum absolute atomic E-state index is 13.5. The van der Waals surface area contributed by atoms with E-state index in [1.165, 1.54) is 27.8 Å². The van der Waals surface area contributed by atoms with E-state index in [0.29, 0.717) is 4.09 Å². The number of halogens is 3. The third-order valence-corrected chi connectivity index (χ3v) is 5.55. The summed E-state index contributed by atoms with van der Waals surface area (Å²) in [5.74, 6) is -0.889. The van der Waals surface area contributed by atoms with Gasteiger partial charge in [-0.1, -0.05) is 0 Å². The van der Waals surface area contributed by atoms with Gasteiger partial charge in [0.25, 0.3) is 10.0 Å². The number of nitrogens with one attached hydrogen (secondary N) is 1. The number of nitrogens with zero attached hydrogens (tertiary/aromatic N) is 4. The van der Waals surface area contributed by atoms with Gasteiger partial charge in [0, 0.05) is 12.6 Å². The Bertz CT molecular complexity index is 905. The van der Waals surface area contributed by atoms with Crippen molar-refractivity contribution in [3.05, 3.63) is 17.5 Å². The molecule has 8 nitrogen and oxygen atoms in total. The Kier molecular flexibility index (Phi) is 4.68. The average Bonchev–Trinajstić information content (AvgIpc) is 2.86. The summed E-state index contributed by atoms with van der Waals surface area (Å²) in [5.41, 5.74) is 3.72. The third-order valence-electron chi connectivity index (χ3n) is 3.51. The largest absolute Gasteiger partial charge is 0.422 e. The number of rotatable bonds is 4. The van der Waals surface area contributed by atoms with Crippen molar-refractivity contribution in [1.29, 1.82) is 0 Å². The Labute approximate surface area is 142 Å². The number of aromatic nitrogens is 4. The summed E-state index contributed by atoms with van der Waals surface area (Å²) < 4.78 is 65.8. The molecule has 0 saturated carbocycles. The summed E-state index contributed by atoms with van der Waals surface area (Å²) >= 11 is 0. The van der Waals surface area contributed by atoms with Crippen LogP contribution in [-0.2, 0) is 16.2 Å². The Morgan fingerprint density at radius 3 is 2.36 bits per heavy atom. The summed E-state index contributed by atoms with van der Waals surface area (Å²) in [7, 11) is -2.57. The molecule has 0 aromatic carbocycles. The van der Waals surface area contributed by atoms with Gasteiger partial charge in [-0.3, -0.25) is 0 Å². The normalized spacial score (nSPS) is 12.6. The van der Waals surface area contributed by atoms with Crippen molar-refractivity contribution in [2.75, 3.05) is 18.1 Å². The maximum Gasteiger partial charge on any atom is 0.422 e. The number of hydrogen-bond donors (Lipinski definition) is 2. The Morgan fingerprint density at radius 1 is 1.28 bits per heavy atom. The number of anilines is 2. The Hall–Kier alpha value is -2.37. The van der Waals surface area contributed by atoms with Crippen LogP contribution in [0.5, 0.6) is 0 Å². The molecule has 2 heterocycles. The van der Waals surface area contributed by atoms with Crippen molar-refractivity contribution in [3.63, 3.8) is 0 Å². The highest BCUT2D eigenvalue weighted by Crippen LogP contribution is 2.41. The van der Waals surface area contributed by atoms with Crippen LogP contribution in [-0.4, -0.2) is 39.9 Å². The molecule has 2 rings (SSSR count). The topological polar surface area (TPSA) is 116 Å². The first-order valence-electron chi connectivity index (χ1n) is 7.13. The zero-order valence-corrected chi connectivity index (χ0v) is 14.7. The Morgan fingerprint density at radius 2 is 1.88 bits per heavy atom. The maximum atomic E-state index is 13.5. The fourth-order valence-electron chi connectivity index (χ4n) is 2.20. The van der Waals surface area contributed by atoms with Gasteiger partial charge >= 0.3 is 6.18 Å². The molecule has 12 heteroatoms. The first-order valence-corrected chi connectivity index (χ1v) is 8.63. The molecule has 0 radical (unpaired) electrons.